The summed E-state index contributed by atoms with van der Waals surface area (Å²) in [5, 5.41) is 0. The number of aromatic nitrogens is 2. The second kappa shape index (κ2) is 5.53. The molecule has 1 aliphatic heterocycles. The van der Waals surface area contributed by atoms with Gasteiger partial charge in [-0.2, -0.15) is 0 Å². The van der Waals surface area contributed by atoms with Crippen molar-refractivity contribution in [1.29, 1.82) is 0 Å². The topological polar surface area (TPSA) is 64.3 Å². The Morgan fingerprint density at radius 2 is 2.18 bits per heavy atom. The lowest BCUT2D eigenvalue weighted by Crippen LogP contribution is -2.48. The van der Waals surface area contributed by atoms with E-state index >= 15 is 0 Å². The minimum absolute atomic E-state index is 0.159. The third-order valence-electron chi connectivity index (χ3n) is 3.06. The highest BCUT2D eigenvalue weighted by Crippen LogP contribution is 2.22. The zero-order valence-corrected chi connectivity index (χ0v) is 10.4. The Labute approximate surface area is 102 Å². The Morgan fingerprint density at radius 3 is 2.71 bits per heavy atom. The number of nitrogens with two attached hydrogens (primary N) is 1. The SMILES string of the molecule is CC1CN(C(CN)c2ccncn2)CC(C)O1. The Kier molecular flexibility index (Phi) is 4.04. The molecule has 1 fully saturated rings. The third-order valence-corrected chi connectivity index (χ3v) is 3.06. The highest BCUT2D eigenvalue weighted by Gasteiger charge is 2.28. The molecule has 1 aromatic heterocycles. The van der Waals surface area contributed by atoms with Crippen LogP contribution in [0.5, 0.6) is 0 Å². The average molecular weight is 236 g/mol. The molecule has 1 aliphatic rings. The second-order valence-electron chi connectivity index (χ2n) is 4.60. The molecule has 2 heterocycles. The Morgan fingerprint density at radius 1 is 1.47 bits per heavy atom. The molecule has 0 aromatic carbocycles. The Bertz CT molecular complexity index is 336. The molecule has 0 spiro atoms. The molecule has 17 heavy (non-hydrogen) atoms. The summed E-state index contributed by atoms with van der Waals surface area (Å²) >= 11 is 0. The van der Waals surface area contributed by atoms with Crippen LogP contribution < -0.4 is 5.73 Å². The molecule has 2 rings (SSSR count). The van der Waals surface area contributed by atoms with Crippen LogP contribution in [0.4, 0.5) is 0 Å². The van der Waals surface area contributed by atoms with Gasteiger partial charge in [-0.15, -0.1) is 0 Å². The van der Waals surface area contributed by atoms with Crippen LogP contribution in [0.1, 0.15) is 25.6 Å². The van der Waals surface area contributed by atoms with E-state index in [4.69, 9.17) is 10.5 Å². The van der Waals surface area contributed by atoms with Gasteiger partial charge >= 0.3 is 0 Å². The van der Waals surface area contributed by atoms with Gasteiger partial charge in [0.05, 0.1) is 23.9 Å². The quantitative estimate of drug-likeness (QED) is 0.832. The summed E-state index contributed by atoms with van der Waals surface area (Å²) in [5.74, 6) is 0. The molecule has 3 atom stereocenters. The van der Waals surface area contributed by atoms with Gasteiger partial charge in [0.2, 0.25) is 0 Å². The van der Waals surface area contributed by atoms with E-state index in [1.54, 1.807) is 12.5 Å². The maximum atomic E-state index is 5.88. The van der Waals surface area contributed by atoms with Gasteiger partial charge in [-0.1, -0.05) is 0 Å². The summed E-state index contributed by atoms with van der Waals surface area (Å²) in [5.41, 5.74) is 6.87. The molecule has 0 amide bonds. The van der Waals surface area contributed by atoms with Crippen molar-refractivity contribution in [2.24, 2.45) is 5.73 Å². The van der Waals surface area contributed by atoms with Crippen LogP contribution in [0.25, 0.3) is 0 Å². The van der Waals surface area contributed by atoms with Gasteiger partial charge < -0.3 is 10.5 Å². The monoisotopic (exact) mass is 236 g/mol. The molecule has 0 saturated carbocycles. The summed E-state index contributed by atoms with van der Waals surface area (Å²) in [6, 6.07) is 2.09. The van der Waals surface area contributed by atoms with Gasteiger partial charge in [0.1, 0.15) is 6.33 Å². The van der Waals surface area contributed by atoms with E-state index in [-0.39, 0.29) is 18.2 Å². The summed E-state index contributed by atoms with van der Waals surface area (Å²) in [4.78, 5) is 10.6. The van der Waals surface area contributed by atoms with Crippen LogP contribution in [0.2, 0.25) is 0 Å². The summed E-state index contributed by atoms with van der Waals surface area (Å²) in [6.07, 6.45) is 3.83. The van der Waals surface area contributed by atoms with Gasteiger partial charge in [-0.25, -0.2) is 9.97 Å². The highest BCUT2D eigenvalue weighted by atomic mass is 16.5. The fraction of sp³-hybridized carbons (Fsp3) is 0.667. The van der Waals surface area contributed by atoms with E-state index in [1.165, 1.54) is 0 Å². The van der Waals surface area contributed by atoms with Crippen molar-refractivity contribution in [2.75, 3.05) is 19.6 Å². The van der Waals surface area contributed by atoms with Crippen molar-refractivity contribution in [3.63, 3.8) is 0 Å². The summed E-state index contributed by atoms with van der Waals surface area (Å²) in [7, 11) is 0. The number of hydrogen-bond acceptors (Lipinski definition) is 5. The van der Waals surface area contributed by atoms with Crippen molar-refractivity contribution in [1.82, 2.24) is 14.9 Å². The molecule has 5 nitrogen and oxygen atoms in total. The molecule has 0 bridgehead atoms. The molecule has 5 heteroatoms. The second-order valence-corrected chi connectivity index (χ2v) is 4.60. The van der Waals surface area contributed by atoms with Gasteiger partial charge in [-0.05, 0) is 19.9 Å². The highest BCUT2D eigenvalue weighted by molar-refractivity contribution is 5.06. The number of hydrogen-bond donors (Lipinski definition) is 1. The lowest BCUT2D eigenvalue weighted by molar-refractivity contribution is -0.0803. The van der Waals surface area contributed by atoms with Crippen molar-refractivity contribution < 1.29 is 4.74 Å². The zero-order valence-electron chi connectivity index (χ0n) is 10.4. The van der Waals surface area contributed by atoms with E-state index in [1.807, 2.05) is 6.07 Å². The summed E-state index contributed by atoms with van der Waals surface area (Å²) < 4.78 is 5.73. The largest absolute Gasteiger partial charge is 0.373 e. The number of ether oxygens (including phenoxy) is 1. The van der Waals surface area contributed by atoms with Gasteiger partial charge in [0.25, 0.3) is 0 Å². The molecular weight excluding hydrogens is 216 g/mol. The van der Waals surface area contributed by atoms with Crippen molar-refractivity contribution in [3.8, 4) is 0 Å². The van der Waals surface area contributed by atoms with Gasteiger partial charge in [0.15, 0.2) is 0 Å². The van der Waals surface area contributed by atoms with Crippen LogP contribution in [-0.4, -0.2) is 46.7 Å². The first kappa shape index (κ1) is 12.4. The van der Waals surface area contributed by atoms with Gasteiger partial charge in [0, 0.05) is 25.8 Å². The van der Waals surface area contributed by atoms with Crippen molar-refractivity contribution in [2.45, 2.75) is 32.1 Å². The Hall–Kier alpha value is -1.04. The Balaban J connectivity index is 2.13. The minimum atomic E-state index is 0.159. The molecule has 2 N–H and O–H groups in total. The zero-order chi connectivity index (χ0) is 12.3. The predicted molar refractivity (Wildman–Crippen MR) is 65.4 cm³/mol. The van der Waals surface area contributed by atoms with Crippen LogP contribution in [0.3, 0.4) is 0 Å². The molecule has 0 aliphatic carbocycles. The number of morpholine rings is 1. The van der Waals surface area contributed by atoms with E-state index in [9.17, 15) is 0 Å². The molecular formula is C12H20N4O. The molecule has 0 radical (unpaired) electrons. The van der Waals surface area contributed by atoms with Crippen LogP contribution in [0, 0.1) is 0 Å². The maximum absolute atomic E-state index is 5.88. The molecule has 3 unspecified atom stereocenters. The predicted octanol–water partition coefficient (Wildman–Crippen LogP) is 0.586. The standard InChI is InChI=1S/C12H20N4O/c1-9-6-16(7-10(2)17-9)12(5-13)11-3-4-14-8-15-11/h3-4,8-10,12H,5-7,13H2,1-2H3. The first-order chi connectivity index (χ1) is 8.20. The molecule has 94 valence electrons. The fourth-order valence-corrected chi connectivity index (χ4v) is 2.43. The lowest BCUT2D eigenvalue weighted by Gasteiger charge is -2.39. The normalized spacial score (nSPS) is 27.9. The summed E-state index contributed by atoms with van der Waals surface area (Å²) in [6.45, 7) is 6.55. The van der Waals surface area contributed by atoms with E-state index in [0.717, 1.165) is 18.8 Å². The van der Waals surface area contributed by atoms with E-state index in [0.29, 0.717) is 6.54 Å². The van der Waals surface area contributed by atoms with Crippen molar-refractivity contribution >= 4 is 0 Å². The fourth-order valence-electron chi connectivity index (χ4n) is 2.43. The molecule has 1 saturated heterocycles. The van der Waals surface area contributed by atoms with Crippen molar-refractivity contribution in [3.05, 3.63) is 24.3 Å². The third kappa shape index (κ3) is 3.00. The van der Waals surface area contributed by atoms with Crippen LogP contribution in [0.15, 0.2) is 18.6 Å². The minimum Gasteiger partial charge on any atom is -0.373 e. The molecule has 1 aromatic rings. The first-order valence-electron chi connectivity index (χ1n) is 6.06. The lowest BCUT2D eigenvalue weighted by atomic mass is 10.1. The maximum Gasteiger partial charge on any atom is 0.115 e. The smallest absolute Gasteiger partial charge is 0.115 e. The first-order valence-corrected chi connectivity index (χ1v) is 6.06. The number of rotatable bonds is 3. The van der Waals surface area contributed by atoms with Crippen LogP contribution in [-0.2, 0) is 4.74 Å². The van der Waals surface area contributed by atoms with Crippen LogP contribution >= 0.6 is 0 Å². The van der Waals surface area contributed by atoms with E-state index < -0.39 is 0 Å². The van der Waals surface area contributed by atoms with Gasteiger partial charge in [-0.3, -0.25) is 4.90 Å². The number of nitrogens with zero attached hydrogens (tertiary/aromatic N) is 3. The average Bonchev–Trinajstić information content (AvgIpc) is 2.30. The van der Waals surface area contributed by atoms with E-state index in [2.05, 4.69) is 28.7 Å².